The molecule has 172 valence electrons. The van der Waals surface area contributed by atoms with Crippen LogP contribution in [0.1, 0.15) is 26.7 Å². The number of hydrogen-bond donors (Lipinski definition) is 3. The first-order chi connectivity index (χ1) is 14.6. The highest BCUT2D eigenvalue weighted by atomic mass is 32.2. The lowest BCUT2D eigenvalue weighted by molar-refractivity contribution is -0.163. The average Bonchev–Trinajstić information content (AvgIpc) is 3.32. The first-order valence-electron chi connectivity index (χ1n) is 10.7. The van der Waals surface area contributed by atoms with Gasteiger partial charge in [-0.15, -0.1) is 11.8 Å². The molecule has 0 saturated carbocycles. The zero-order chi connectivity index (χ0) is 22.6. The second kappa shape index (κ2) is 8.27. The molecule has 0 spiro atoms. The normalized spacial score (nSPS) is 36.6. The summed E-state index contributed by atoms with van der Waals surface area (Å²) in [6.07, 6.45) is -0.855. The Morgan fingerprint density at radius 1 is 1.32 bits per heavy atom. The molecule has 0 aromatic rings. The molecule has 10 nitrogen and oxygen atoms in total. The van der Waals surface area contributed by atoms with Crippen LogP contribution >= 0.6 is 11.8 Å². The Balaban J connectivity index is 1.50. The Bertz CT molecular complexity index is 819. The Labute approximate surface area is 185 Å². The van der Waals surface area contributed by atoms with Gasteiger partial charge in [0, 0.05) is 36.8 Å². The maximum atomic E-state index is 13.0. The van der Waals surface area contributed by atoms with Crippen LogP contribution in [0.5, 0.6) is 0 Å². The summed E-state index contributed by atoms with van der Waals surface area (Å²) < 4.78 is 5.03. The van der Waals surface area contributed by atoms with Crippen molar-refractivity contribution in [1.29, 1.82) is 0 Å². The summed E-state index contributed by atoms with van der Waals surface area (Å²) in [5.41, 5.74) is 5.95. The number of amides is 2. The number of β-lactam (4-membered cyclic amide) rings is 1. The fourth-order valence-electron chi connectivity index (χ4n) is 5.31. The topological polar surface area (TPSA) is 137 Å². The van der Waals surface area contributed by atoms with Gasteiger partial charge >= 0.3 is 6.16 Å². The smallest absolute Gasteiger partial charge is 0.449 e. The lowest BCUT2D eigenvalue weighted by atomic mass is 9.79. The van der Waals surface area contributed by atoms with E-state index in [1.54, 1.807) is 6.92 Å². The van der Waals surface area contributed by atoms with Crippen molar-refractivity contribution < 1.29 is 29.3 Å². The van der Waals surface area contributed by atoms with E-state index in [1.807, 2.05) is 23.8 Å². The molecule has 7 atom stereocenters. The molecule has 4 aliphatic rings. The van der Waals surface area contributed by atoms with Crippen LogP contribution in [0.3, 0.4) is 0 Å². The van der Waals surface area contributed by atoms with E-state index in [-0.39, 0.29) is 47.0 Å². The molecule has 4 aliphatic heterocycles. The molecule has 4 N–H and O–H groups in total. The van der Waals surface area contributed by atoms with Gasteiger partial charge in [-0.3, -0.25) is 19.4 Å². The van der Waals surface area contributed by atoms with E-state index in [1.165, 1.54) is 16.7 Å². The average molecular weight is 455 g/mol. The number of carbonyl (C=O) groups excluding carboxylic acids is 2. The number of carboxylic acid groups (broad SMARTS) is 1. The Morgan fingerprint density at radius 3 is 2.61 bits per heavy atom. The van der Waals surface area contributed by atoms with E-state index in [9.17, 15) is 24.6 Å². The molecule has 0 aliphatic carbocycles. The molecule has 11 heteroatoms. The fourth-order valence-corrected chi connectivity index (χ4v) is 6.85. The molecule has 0 radical (unpaired) electrons. The molecule has 0 bridgehead atoms. The number of likely N-dealkylation sites (N-methyl/N-ethyl adjacent to an activating group) is 1. The fraction of sp³-hybridized carbons (Fsp3) is 0.750. The van der Waals surface area contributed by atoms with Crippen LogP contribution in [-0.2, 0) is 14.3 Å². The highest BCUT2D eigenvalue weighted by Gasteiger charge is 2.60. The van der Waals surface area contributed by atoms with Crippen molar-refractivity contribution in [2.24, 2.45) is 17.6 Å². The number of ether oxygens (including phenoxy) is 1. The third kappa shape index (κ3) is 3.81. The minimum atomic E-state index is -1.48. The van der Waals surface area contributed by atoms with E-state index in [4.69, 9.17) is 10.5 Å². The van der Waals surface area contributed by atoms with Gasteiger partial charge in [0.2, 0.25) is 17.7 Å². The number of fused-ring (bicyclic) bond motifs is 1. The Kier molecular flexibility index (Phi) is 5.97. The second-order valence-corrected chi connectivity index (χ2v) is 10.4. The monoisotopic (exact) mass is 454 g/mol. The lowest BCUT2D eigenvalue weighted by Gasteiger charge is -2.45. The summed E-state index contributed by atoms with van der Waals surface area (Å²) in [7, 11) is 1.92. The number of carbonyl (C=O) groups is 3. The van der Waals surface area contributed by atoms with Gasteiger partial charge in [0.05, 0.1) is 29.0 Å². The van der Waals surface area contributed by atoms with Gasteiger partial charge in [0.1, 0.15) is 0 Å². The van der Waals surface area contributed by atoms with Gasteiger partial charge < -0.3 is 25.6 Å². The minimum Gasteiger partial charge on any atom is -0.449 e. The van der Waals surface area contributed by atoms with Crippen molar-refractivity contribution in [3.63, 3.8) is 0 Å². The quantitative estimate of drug-likeness (QED) is 0.389. The van der Waals surface area contributed by atoms with E-state index >= 15 is 0 Å². The zero-order valence-electron chi connectivity index (χ0n) is 17.9. The first kappa shape index (κ1) is 22.4. The van der Waals surface area contributed by atoms with Gasteiger partial charge in [-0.25, -0.2) is 4.79 Å². The molecule has 6 unspecified atom stereocenters. The number of likely N-dealkylation sites (tertiary alicyclic amines) is 2. The predicted octanol–water partition coefficient (Wildman–Crippen LogP) is 0.0731. The van der Waals surface area contributed by atoms with Crippen molar-refractivity contribution in [2.45, 2.75) is 56.2 Å². The number of hydrogen-bond acceptors (Lipinski definition) is 8. The number of nitrogens with two attached hydrogens (primary N) is 1. The van der Waals surface area contributed by atoms with Gasteiger partial charge in [0.15, 0.2) is 0 Å². The van der Waals surface area contributed by atoms with Crippen LogP contribution in [0.25, 0.3) is 0 Å². The molecular formula is C20H30N4O6S. The molecule has 4 heterocycles. The van der Waals surface area contributed by atoms with Crippen LogP contribution in [0.15, 0.2) is 10.8 Å². The third-order valence-electron chi connectivity index (χ3n) is 6.87. The van der Waals surface area contributed by atoms with E-state index in [0.717, 1.165) is 6.42 Å². The molecule has 3 saturated heterocycles. The predicted molar refractivity (Wildman–Crippen MR) is 113 cm³/mol. The number of thioether (sulfide) groups is 1. The summed E-state index contributed by atoms with van der Waals surface area (Å²) in [4.78, 5) is 42.7. The number of rotatable bonds is 5. The van der Waals surface area contributed by atoms with Crippen LogP contribution in [0.2, 0.25) is 0 Å². The SMILES string of the molecule is CC(O)C1C(=O)N2C(OC(=O)O)=C(SC3CC(C(=O)N4CCC(N)C4)N(C)C3)C(C)[C@@H]12. The molecular weight excluding hydrogens is 424 g/mol. The standard InChI is InChI=1S/C20H30N4O6S/c1-9-15-14(10(2)25)18(27)24(15)19(30-20(28)29)16(9)31-12-6-13(22(3)8-12)17(26)23-5-4-11(21)7-23/h9-15,25H,4-8,21H2,1-3H3,(H,28,29)/t9?,10?,11?,12?,13?,14?,15-/m0/s1. The Hall–Kier alpha value is -1.82. The molecule has 0 aromatic heterocycles. The lowest BCUT2D eigenvalue weighted by Crippen LogP contribution is -2.63. The summed E-state index contributed by atoms with van der Waals surface area (Å²) in [6, 6.07) is -0.523. The maximum Gasteiger partial charge on any atom is 0.512 e. The number of aliphatic hydroxyl groups is 1. The van der Waals surface area contributed by atoms with Crippen molar-refractivity contribution >= 4 is 29.7 Å². The maximum absolute atomic E-state index is 13.0. The van der Waals surface area contributed by atoms with Crippen molar-refractivity contribution in [2.75, 3.05) is 26.7 Å². The second-order valence-electron chi connectivity index (χ2n) is 9.06. The van der Waals surface area contributed by atoms with Gasteiger partial charge in [0.25, 0.3) is 0 Å². The molecule has 31 heavy (non-hydrogen) atoms. The van der Waals surface area contributed by atoms with Crippen LogP contribution in [0.4, 0.5) is 4.79 Å². The highest BCUT2D eigenvalue weighted by Crippen LogP contribution is 2.52. The largest absolute Gasteiger partial charge is 0.512 e. The van der Waals surface area contributed by atoms with Crippen LogP contribution in [0, 0.1) is 11.8 Å². The van der Waals surface area contributed by atoms with Crippen LogP contribution < -0.4 is 5.73 Å². The van der Waals surface area contributed by atoms with Crippen molar-refractivity contribution in [1.82, 2.24) is 14.7 Å². The number of nitrogens with zero attached hydrogens (tertiary/aromatic N) is 3. The highest BCUT2D eigenvalue weighted by molar-refractivity contribution is 8.03. The van der Waals surface area contributed by atoms with Gasteiger partial charge in [-0.1, -0.05) is 6.92 Å². The first-order valence-corrected chi connectivity index (χ1v) is 11.6. The van der Waals surface area contributed by atoms with E-state index in [2.05, 4.69) is 0 Å². The van der Waals surface area contributed by atoms with Gasteiger partial charge in [-0.05, 0) is 26.8 Å². The van der Waals surface area contributed by atoms with Gasteiger partial charge in [-0.2, -0.15) is 0 Å². The minimum absolute atomic E-state index is 0.0324. The molecule has 0 aromatic carbocycles. The molecule has 3 fully saturated rings. The summed E-state index contributed by atoms with van der Waals surface area (Å²) in [6.45, 7) is 5.42. The summed E-state index contributed by atoms with van der Waals surface area (Å²) in [5, 5.41) is 19.3. The van der Waals surface area contributed by atoms with Crippen molar-refractivity contribution in [3.8, 4) is 0 Å². The van der Waals surface area contributed by atoms with Crippen LogP contribution in [-0.4, -0.2) is 99.0 Å². The molecule has 2 amide bonds. The third-order valence-corrected chi connectivity index (χ3v) is 8.35. The zero-order valence-corrected chi connectivity index (χ0v) is 18.7. The summed E-state index contributed by atoms with van der Waals surface area (Å²) in [5.74, 6) is -0.906. The van der Waals surface area contributed by atoms with Crippen molar-refractivity contribution in [3.05, 3.63) is 10.8 Å². The molecule has 4 rings (SSSR count). The summed E-state index contributed by atoms with van der Waals surface area (Å²) >= 11 is 1.48. The Morgan fingerprint density at radius 2 is 2.03 bits per heavy atom. The van der Waals surface area contributed by atoms with E-state index in [0.29, 0.717) is 31.0 Å². The number of aliphatic hydroxyl groups excluding tert-OH is 1. The van der Waals surface area contributed by atoms with E-state index < -0.39 is 18.2 Å².